The fourth-order valence-corrected chi connectivity index (χ4v) is 9.29. The molecule has 0 spiro atoms. The standard InChI is InChI=1S/C28H36N6O5.C23H28N6O3/c1-19-29-16-20-5-6-25(35)33(26(20)31-19)12-11-32-9-7-22(8-10-32)34(27(36)39-28(2,3)4)18-21-15-23-24(17-30-21)38-14-13-37-23;1-16-24-13-17-2-3-22(30)29(23(17)27-16)9-8-28-6-4-18(5-7-28)25-14-19-12-20-21(15-26-19)32-11-10-31-20/h5-6,15-17,22H,7-14,18H2,1-4H3;2-3,12-13,15,18,25H,4-11,14H2,1H3. The highest BCUT2D eigenvalue weighted by Crippen LogP contribution is 2.32. The van der Waals surface area contributed by atoms with E-state index in [1.54, 1.807) is 63.1 Å². The topological polar surface area (TPSA) is 206 Å². The average molecular weight is 973 g/mol. The van der Waals surface area contributed by atoms with Gasteiger partial charge in [0, 0.05) is 105 Å². The lowest BCUT2D eigenvalue weighted by atomic mass is 10.0. The zero-order valence-corrected chi connectivity index (χ0v) is 41.3. The highest BCUT2D eigenvalue weighted by molar-refractivity contribution is 5.74. The third kappa shape index (κ3) is 12.6. The van der Waals surface area contributed by atoms with E-state index in [0.717, 1.165) is 92.1 Å². The molecule has 1 amide bonds. The fourth-order valence-electron chi connectivity index (χ4n) is 9.29. The van der Waals surface area contributed by atoms with Gasteiger partial charge in [-0.3, -0.25) is 33.6 Å². The quantitative estimate of drug-likeness (QED) is 0.177. The molecule has 1 N–H and O–H groups in total. The Kier molecular flexibility index (Phi) is 15.3. The number of piperidine rings is 2. The van der Waals surface area contributed by atoms with E-state index in [9.17, 15) is 14.4 Å². The SMILES string of the molecule is Cc1ncc2ccc(=O)n(CCN3CCC(N(Cc4cc5c(cn4)OCCO5)C(=O)OC(C)(C)C)CC3)c2n1.Cc1ncc2ccc(=O)n(CCN3CCC(NCc4cc5c(cn4)OCCO5)CC3)c2n1. The number of likely N-dealkylation sites (tertiary alicyclic amines) is 2. The van der Waals surface area contributed by atoms with E-state index in [1.165, 1.54) is 0 Å². The first kappa shape index (κ1) is 49.2. The highest BCUT2D eigenvalue weighted by Gasteiger charge is 2.32. The number of hydrogen-bond donors (Lipinski definition) is 1. The Morgan fingerprint density at radius 2 is 1.13 bits per heavy atom. The van der Waals surface area contributed by atoms with Crippen LogP contribution in [0.3, 0.4) is 0 Å². The number of aromatic nitrogens is 8. The predicted molar refractivity (Wildman–Crippen MR) is 265 cm³/mol. The Hall–Kier alpha value is -6.77. The molecule has 376 valence electrons. The van der Waals surface area contributed by atoms with Gasteiger partial charge in [0.25, 0.3) is 11.1 Å². The summed E-state index contributed by atoms with van der Waals surface area (Å²) in [4.78, 5) is 71.3. The Labute approximate surface area is 412 Å². The Morgan fingerprint density at radius 1 is 0.648 bits per heavy atom. The van der Waals surface area contributed by atoms with Crippen molar-refractivity contribution in [2.24, 2.45) is 0 Å². The molecule has 0 aliphatic carbocycles. The molecule has 71 heavy (non-hydrogen) atoms. The van der Waals surface area contributed by atoms with E-state index in [0.29, 0.717) is 99.6 Å². The normalized spacial score (nSPS) is 16.6. The lowest BCUT2D eigenvalue weighted by molar-refractivity contribution is 0.00528. The number of nitrogens with one attached hydrogen (secondary N) is 1. The van der Waals surface area contributed by atoms with Gasteiger partial charge >= 0.3 is 6.09 Å². The first-order valence-corrected chi connectivity index (χ1v) is 24.6. The number of carbonyl (C=O) groups is 1. The van der Waals surface area contributed by atoms with Crippen LogP contribution in [-0.4, -0.2) is 143 Å². The fraction of sp³-hybridized carbons (Fsp3) is 0.510. The number of fused-ring (bicyclic) bond motifs is 4. The largest absolute Gasteiger partial charge is 0.486 e. The van der Waals surface area contributed by atoms with Crippen LogP contribution >= 0.6 is 0 Å². The van der Waals surface area contributed by atoms with E-state index in [-0.39, 0.29) is 23.3 Å². The van der Waals surface area contributed by atoms with Crippen LogP contribution in [0.25, 0.3) is 22.1 Å². The summed E-state index contributed by atoms with van der Waals surface area (Å²) in [5.41, 5.74) is 2.37. The van der Waals surface area contributed by atoms with E-state index in [4.69, 9.17) is 23.7 Å². The van der Waals surface area contributed by atoms with Gasteiger partial charge < -0.3 is 38.8 Å². The van der Waals surface area contributed by atoms with Crippen LogP contribution in [0.2, 0.25) is 0 Å². The molecule has 0 atom stereocenters. The van der Waals surface area contributed by atoms with Crippen molar-refractivity contribution in [2.45, 2.75) is 104 Å². The molecule has 20 heteroatoms. The molecule has 10 heterocycles. The van der Waals surface area contributed by atoms with Crippen LogP contribution in [0.5, 0.6) is 23.0 Å². The third-order valence-electron chi connectivity index (χ3n) is 13.1. The first-order valence-electron chi connectivity index (χ1n) is 24.6. The number of hydrogen-bond acceptors (Lipinski definition) is 17. The van der Waals surface area contributed by atoms with Gasteiger partial charge in [0.15, 0.2) is 23.0 Å². The van der Waals surface area contributed by atoms with Gasteiger partial charge in [0.2, 0.25) is 0 Å². The van der Waals surface area contributed by atoms with Gasteiger partial charge in [0.1, 0.15) is 55.0 Å². The molecule has 4 aliphatic rings. The minimum atomic E-state index is -0.607. The van der Waals surface area contributed by atoms with Crippen molar-refractivity contribution in [1.29, 1.82) is 0 Å². The number of ether oxygens (including phenoxy) is 5. The van der Waals surface area contributed by atoms with Gasteiger partial charge in [-0.15, -0.1) is 0 Å². The predicted octanol–water partition coefficient (Wildman–Crippen LogP) is 4.69. The van der Waals surface area contributed by atoms with Crippen molar-refractivity contribution in [3.63, 3.8) is 0 Å². The Balaban J connectivity index is 0.000000179. The maximum Gasteiger partial charge on any atom is 0.410 e. The second-order valence-electron chi connectivity index (χ2n) is 19.4. The van der Waals surface area contributed by atoms with Crippen molar-refractivity contribution >= 4 is 28.2 Å². The van der Waals surface area contributed by atoms with Crippen LogP contribution in [0.15, 0.2) is 70.8 Å². The Morgan fingerprint density at radius 3 is 1.65 bits per heavy atom. The molecule has 4 aliphatic heterocycles. The summed E-state index contributed by atoms with van der Waals surface area (Å²) >= 11 is 0. The summed E-state index contributed by atoms with van der Waals surface area (Å²) in [6.45, 7) is 18.8. The molecule has 6 aromatic rings. The highest BCUT2D eigenvalue weighted by atomic mass is 16.6. The van der Waals surface area contributed by atoms with Gasteiger partial charge in [-0.1, -0.05) is 0 Å². The van der Waals surface area contributed by atoms with Crippen molar-refractivity contribution in [1.82, 2.24) is 59.1 Å². The number of rotatable bonds is 12. The molecule has 6 aromatic heterocycles. The molecule has 10 rings (SSSR count). The summed E-state index contributed by atoms with van der Waals surface area (Å²) in [6.07, 6.45) is 10.3. The van der Waals surface area contributed by atoms with Crippen LogP contribution in [0, 0.1) is 13.8 Å². The minimum Gasteiger partial charge on any atom is -0.486 e. The van der Waals surface area contributed by atoms with E-state index >= 15 is 0 Å². The van der Waals surface area contributed by atoms with Gasteiger partial charge in [0.05, 0.1) is 30.3 Å². The smallest absolute Gasteiger partial charge is 0.410 e. The summed E-state index contributed by atoms with van der Waals surface area (Å²) in [5.74, 6) is 4.08. The van der Waals surface area contributed by atoms with Crippen LogP contribution in [0.1, 0.15) is 69.5 Å². The van der Waals surface area contributed by atoms with Crippen molar-refractivity contribution in [3.8, 4) is 23.0 Å². The van der Waals surface area contributed by atoms with Crippen molar-refractivity contribution in [3.05, 3.63) is 105 Å². The number of pyridine rings is 4. The number of nitrogens with zero attached hydrogens (tertiary/aromatic N) is 11. The molecule has 2 saturated heterocycles. The summed E-state index contributed by atoms with van der Waals surface area (Å²) in [6, 6.07) is 11.0. The molecule has 0 saturated carbocycles. The Bertz CT molecular complexity index is 2940. The molecule has 2 fully saturated rings. The molecule has 0 bridgehead atoms. The van der Waals surface area contributed by atoms with Crippen molar-refractivity contribution in [2.75, 3.05) is 65.7 Å². The molecular formula is C51H64N12O8. The van der Waals surface area contributed by atoms with Gasteiger partial charge in [-0.2, -0.15) is 0 Å². The second kappa shape index (κ2) is 22.1. The van der Waals surface area contributed by atoms with E-state index in [1.807, 2.05) is 46.8 Å². The van der Waals surface area contributed by atoms with E-state index < -0.39 is 5.60 Å². The molecule has 0 unspecified atom stereocenters. The monoisotopic (exact) mass is 972 g/mol. The van der Waals surface area contributed by atoms with Crippen molar-refractivity contribution < 1.29 is 28.5 Å². The van der Waals surface area contributed by atoms with Crippen LogP contribution < -0.4 is 35.4 Å². The van der Waals surface area contributed by atoms with Gasteiger partial charge in [-0.05, 0) is 85.5 Å². The summed E-state index contributed by atoms with van der Waals surface area (Å²) in [5, 5.41) is 5.36. The third-order valence-corrected chi connectivity index (χ3v) is 13.1. The lowest BCUT2D eigenvalue weighted by Crippen LogP contribution is -2.49. The lowest BCUT2D eigenvalue weighted by Gasteiger charge is -2.39. The zero-order chi connectivity index (χ0) is 49.5. The average Bonchev–Trinajstić information content (AvgIpc) is 3.37. The number of amides is 1. The molecular weight excluding hydrogens is 909 g/mol. The maximum atomic E-state index is 13.3. The number of carbonyl (C=O) groups excluding carboxylic acids is 1. The molecule has 20 nitrogen and oxygen atoms in total. The second-order valence-corrected chi connectivity index (χ2v) is 19.4. The summed E-state index contributed by atoms with van der Waals surface area (Å²) in [7, 11) is 0. The zero-order valence-electron chi connectivity index (χ0n) is 41.3. The van der Waals surface area contributed by atoms with E-state index in [2.05, 4.69) is 45.0 Å². The summed E-state index contributed by atoms with van der Waals surface area (Å²) < 4.78 is 31.7. The van der Waals surface area contributed by atoms with Gasteiger partial charge in [-0.25, -0.2) is 24.7 Å². The first-order chi connectivity index (χ1) is 34.3. The molecule has 0 aromatic carbocycles. The number of aryl methyl sites for hydroxylation is 2. The molecule has 0 radical (unpaired) electrons. The minimum absolute atomic E-state index is 0.00164. The van der Waals surface area contributed by atoms with Crippen LogP contribution in [0.4, 0.5) is 4.79 Å². The maximum absolute atomic E-state index is 13.3. The van der Waals surface area contributed by atoms with Crippen LogP contribution in [-0.2, 0) is 30.9 Å².